The minimum atomic E-state index is -0.855. The molecule has 1 unspecified atom stereocenters. The van der Waals surface area contributed by atoms with Crippen LogP contribution >= 0.6 is 0 Å². The van der Waals surface area contributed by atoms with Gasteiger partial charge in [0.15, 0.2) is 5.66 Å². The Hall–Kier alpha value is -1.81. The number of hydrogen-bond acceptors (Lipinski definition) is 4. The summed E-state index contributed by atoms with van der Waals surface area (Å²) in [7, 11) is 0. The van der Waals surface area contributed by atoms with E-state index < -0.39 is 5.66 Å². The fraction of sp³-hybridized carbons (Fsp3) is 0.250. The molecule has 2 atom stereocenters. The number of nitrogens with zero attached hydrogens (tertiary/aromatic N) is 1. The van der Waals surface area contributed by atoms with Crippen molar-refractivity contribution >= 4 is 6.34 Å². The Morgan fingerprint density at radius 1 is 1.31 bits per heavy atom. The molecule has 0 aliphatic carbocycles. The molecule has 0 aromatic heterocycles. The van der Waals surface area contributed by atoms with E-state index in [9.17, 15) is 0 Å². The normalized spacial score (nSPS) is 25.8. The average Bonchev–Trinajstić information content (AvgIpc) is 2.33. The maximum absolute atomic E-state index is 6.25. The molecular formula is C12H16N4. The van der Waals surface area contributed by atoms with Crippen LogP contribution in [0, 0.1) is 0 Å². The molecule has 0 amide bonds. The van der Waals surface area contributed by atoms with Crippen LogP contribution in [-0.2, 0) is 0 Å². The van der Waals surface area contributed by atoms with Crippen LogP contribution in [0.1, 0.15) is 18.4 Å². The molecule has 0 saturated heterocycles. The summed E-state index contributed by atoms with van der Waals surface area (Å²) >= 11 is 0. The molecule has 0 fully saturated rings. The van der Waals surface area contributed by atoms with Gasteiger partial charge in [0, 0.05) is 12.1 Å². The summed E-state index contributed by atoms with van der Waals surface area (Å²) < 4.78 is 0. The highest BCUT2D eigenvalue weighted by Crippen LogP contribution is 2.31. The SMILES string of the molecule is C[C@H](c1ccccc1)C1(N)N=CNC=C1N. The fourth-order valence-corrected chi connectivity index (χ4v) is 1.82. The van der Waals surface area contributed by atoms with Gasteiger partial charge in [0.05, 0.1) is 12.0 Å². The van der Waals surface area contributed by atoms with Crippen LogP contribution in [0.2, 0.25) is 0 Å². The van der Waals surface area contributed by atoms with E-state index in [1.54, 1.807) is 12.5 Å². The third kappa shape index (κ3) is 1.67. The third-order valence-electron chi connectivity index (χ3n) is 3.01. The Labute approximate surface area is 95.1 Å². The maximum Gasteiger partial charge on any atom is 0.157 e. The van der Waals surface area contributed by atoms with E-state index in [1.165, 1.54) is 0 Å². The number of nitrogens with two attached hydrogens (primary N) is 2. The van der Waals surface area contributed by atoms with Crippen LogP contribution in [-0.4, -0.2) is 12.0 Å². The Balaban J connectivity index is 2.34. The molecule has 1 aromatic rings. The predicted molar refractivity (Wildman–Crippen MR) is 65.7 cm³/mol. The van der Waals surface area contributed by atoms with Crippen LogP contribution in [0.25, 0.3) is 0 Å². The molecule has 1 aliphatic heterocycles. The van der Waals surface area contributed by atoms with E-state index in [4.69, 9.17) is 11.5 Å². The highest BCUT2D eigenvalue weighted by molar-refractivity contribution is 5.60. The van der Waals surface area contributed by atoms with E-state index in [-0.39, 0.29) is 5.92 Å². The first-order chi connectivity index (χ1) is 7.64. The molecule has 0 spiro atoms. The van der Waals surface area contributed by atoms with Gasteiger partial charge < -0.3 is 16.8 Å². The van der Waals surface area contributed by atoms with E-state index in [0.717, 1.165) is 5.56 Å². The van der Waals surface area contributed by atoms with Crippen LogP contribution in [0.5, 0.6) is 0 Å². The molecule has 4 nitrogen and oxygen atoms in total. The van der Waals surface area contributed by atoms with Crippen LogP contribution in [0.15, 0.2) is 47.2 Å². The lowest BCUT2D eigenvalue weighted by Crippen LogP contribution is -2.50. The zero-order valence-electron chi connectivity index (χ0n) is 9.22. The molecule has 5 N–H and O–H groups in total. The van der Waals surface area contributed by atoms with Gasteiger partial charge in [-0.2, -0.15) is 0 Å². The summed E-state index contributed by atoms with van der Waals surface area (Å²) in [6.45, 7) is 2.03. The Bertz CT molecular complexity index is 424. The smallest absolute Gasteiger partial charge is 0.157 e. The number of aliphatic imine (C=N–C) groups is 1. The van der Waals surface area contributed by atoms with E-state index >= 15 is 0 Å². The molecule has 2 rings (SSSR count). The van der Waals surface area contributed by atoms with E-state index in [2.05, 4.69) is 10.3 Å². The highest BCUT2D eigenvalue weighted by atomic mass is 15.1. The van der Waals surface area contributed by atoms with Gasteiger partial charge in [0.1, 0.15) is 0 Å². The van der Waals surface area contributed by atoms with Gasteiger partial charge in [-0.1, -0.05) is 37.3 Å². The van der Waals surface area contributed by atoms with Gasteiger partial charge in [-0.15, -0.1) is 0 Å². The standard InChI is InChI=1S/C12H16N4/c1-9(10-5-3-2-4-6-10)12(14)11(13)7-15-8-16-12/h2-9H,13-14H2,1H3,(H,15,16)/t9-,12?/m1/s1. The molecule has 0 bridgehead atoms. The van der Waals surface area contributed by atoms with Gasteiger partial charge in [-0.3, -0.25) is 0 Å². The van der Waals surface area contributed by atoms with Crippen molar-refractivity contribution in [3.63, 3.8) is 0 Å². The van der Waals surface area contributed by atoms with Crippen molar-refractivity contribution in [2.24, 2.45) is 16.5 Å². The number of benzene rings is 1. The number of nitrogens with one attached hydrogen (secondary N) is 1. The average molecular weight is 216 g/mol. The van der Waals surface area contributed by atoms with Gasteiger partial charge in [-0.05, 0) is 5.56 Å². The molecule has 0 saturated carbocycles. The van der Waals surface area contributed by atoms with E-state index in [1.807, 2.05) is 37.3 Å². The minimum Gasteiger partial charge on any atom is -0.398 e. The lowest BCUT2D eigenvalue weighted by molar-refractivity contribution is 0.430. The second-order valence-corrected chi connectivity index (χ2v) is 3.98. The quantitative estimate of drug-likeness (QED) is 0.686. The van der Waals surface area contributed by atoms with Gasteiger partial charge in [-0.25, -0.2) is 4.99 Å². The van der Waals surface area contributed by atoms with Crippen molar-refractivity contribution in [2.75, 3.05) is 0 Å². The molecule has 1 heterocycles. The molecule has 0 radical (unpaired) electrons. The first-order valence-electron chi connectivity index (χ1n) is 5.24. The second kappa shape index (κ2) is 3.98. The Morgan fingerprint density at radius 2 is 2.00 bits per heavy atom. The lowest BCUT2D eigenvalue weighted by atomic mass is 9.86. The summed E-state index contributed by atoms with van der Waals surface area (Å²) in [5, 5.41) is 2.84. The fourth-order valence-electron chi connectivity index (χ4n) is 1.82. The zero-order valence-corrected chi connectivity index (χ0v) is 9.22. The van der Waals surface area contributed by atoms with Crippen molar-refractivity contribution in [3.05, 3.63) is 47.8 Å². The Kier molecular flexibility index (Phi) is 2.66. The van der Waals surface area contributed by atoms with Crippen molar-refractivity contribution < 1.29 is 0 Å². The lowest BCUT2D eigenvalue weighted by Gasteiger charge is -2.34. The summed E-state index contributed by atoms with van der Waals surface area (Å²) in [5.74, 6) is 0.0308. The van der Waals surface area contributed by atoms with Gasteiger partial charge in [0.25, 0.3) is 0 Å². The molecule has 1 aliphatic rings. The second-order valence-electron chi connectivity index (χ2n) is 3.98. The summed E-state index contributed by atoms with van der Waals surface area (Å²) in [6.07, 6.45) is 3.27. The maximum atomic E-state index is 6.25. The molecular weight excluding hydrogens is 200 g/mol. The third-order valence-corrected chi connectivity index (χ3v) is 3.01. The van der Waals surface area contributed by atoms with Crippen molar-refractivity contribution in [2.45, 2.75) is 18.5 Å². The monoisotopic (exact) mass is 216 g/mol. The Morgan fingerprint density at radius 3 is 2.62 bits per heavy atom. The van der Waals surface area contributed by atoms with Crippen molar-refractivity contribution in [1.82, 2.24) is 5.32 Å². The highest BCUT2D eigenvalue weighted by Gasteiger charge is 2.36. The largest absolute Gasteiger partial charge is 0.398 e. The van der Waals surface area contributed by atoms with Crippen LogP contribution < -0.4 is 16.8 Å². The van der Waals surface area contributed by atoms with Crippen LogP contribution in [0.3, 0.4) is 0 Å². The summed E-state index contributed by atoms with van der Waals surface area (Å²) in [5.41, 5.74) is 13.0. The summed E-state index contributed by atoms with van der Waals surface area (Å²) in [6, 6.07) is 10.0. The van der Waals surface area contributed by atoms with Crippen molar-refractivity contribution in [3.8, 4) is 0 Å². The first kappa shape index (κ1) is 10.7. The minimum absolute atomic E-state index is 0.0308. The first-order valence-corrected chi connectivity index (χ1v) is 5.24. The predicted octanol–water partition coefficient (Wildman–Crippen LogP) is 0.877. The van der Waals surface area contributed by atoms with E-state index in [0.29, 0.717) is 5.70 Å². The molecule has 84 valence electrons. The van der Waals surface area contributed by atoms with Gasteiger partial charge in [0.2, 0.25) is 0 Å². The molecule has 4 heteroatoms. The summed E-state index contributed by atoms with van der Waals surface area (Å²) in [4.78, 5) is 4.27. The zero-order chi connectivity index (χ0) is 11.6. The molecule has 16 heavy (non-hydrogen) atoms. The number of hydrogen-bond donors (Lipinski definition) is 3. The molecule has 1 aromatic carbocycles. The van der Waals surface area contributed by atoms with Crippen LogP contribution in [0.4, 0.5) is 0 Å². The number of rotatable bonds is 2. The van der Waals surface area contributed by atoms with Gasteiger partial charge >= 0.3 is 0 Å². The van der Waals surface area contributed by atoms with Crippen molar-refractivity contribution in [1.29, 1.82) is 0 Å². The topological polar surface area (TPSA) is 76.4 Å².